The van der Waals surface area contributed by atoms with E-state index in [0.717, 1.165) is 5.56 Å². The summed E-state index contributed by atoms with van der Waals surface area (Å²) >= 11 is 5.70. The first kappa shape index (κ1) is 16.4. The lowest BCUT2D eigenvalue weighted by Crippen LogP contribution is -2.34. The van der Waals surface area contributed by atoms with Crippen molar-refractivity contribution in [3.05, 3.63) is 35.9 Å². The fourth-order valence-electron chi connectivity index (χ4n) is 1.71. The van der Waals surface area contributed by atoms with Gasteiger partial charge >= 0.3 is 0 Å². The van der Waals surface area contributed by atoms with Crippen molar-refractivity contribution in [2.24, 2.45) is 0 Å². The number of ether oxygens (including phenoxy) is 1. The van der Waals surface area contributed by atoms with Crippen LogP contribution in [0.25, 0.3) is 0 Å². The molecule has 0 saturated heterocycles. The molecule has 6 heteroatoms. The first-order valence-corrected chi connectivity index (χ1v) is 8.31. The highest BCUT2D eigenvalue weighted by atomic mass is 35.5. The molecule has 19 heavy (non-hydrogen) atoms. The molecule has 0 aromatic heterocycles. The predicted octanol–water partition coefficient (Wildman–Crippen LogP) is 2.09. The van der Waals surface area contributed by atoms with E-state index in [1.54, 1.807) is 7.11 Å². The van der Waals surface area contributed by atoms with Gasteiger partial charge in [-0.25, -0.2) is 8.42 Å². The predicted molar refractivity (Wildman–Crippen MR) is 77.9 cm³/mol. The standard InChI is InChI=1S/C13H20ClNO3S/c1-18-10-5-11-19(16,17)15(9-8-14)12-13-6-3-2-4-7-13/h2-4,6-7H,5,8-12H2,1H3. The molecule has 0 fully saturated rings. The second-order valence-corrected chi connectivity index (χ2v) is 6.64. The third kappa shape index (κ3) is 5.91. The molecule has 0 aliphatic rings. The maximum Gasteiger partial charge on any atom is 0.214 e. The van der Waals surface area contributed by atoms with E-state index in [1.165, 1.54) is 4.31 Å². The Hall–Kier alpha value is -0.620. The van der Waals surface area contributed by atoms with Crippen LogP contribution in [0.4, 0.5) is 0 Å². The van der Waals surface area contributed by atoms with E-state index in [1.807, 2.05) is 30.3 Å². The van der Waals surface area contributed by atoms with Crippen molar-refractivity contribution in [1.29, 1.82) is 0 Å². The fourth-order valence-corrected chi connectivity index (χ4v) is 3.47. The van der Waals surface area contributed by atoms with E-state index in [-0.39, 0.29) is 11.6 Å². The van der Waals surface area contributed by atoms with E-state index in [4.69, 9.17) is 16.3 Å². The normalized spacial score (nSPS) is 11.9. The molecule has 0 aliphatic carbocycles. The molecule has 0 radical (unpaired) electrons. The monoisotopic (exact) mass is 305 g/mol. The van der Waals surface area contributed by atoms with Crippen LogP contribution in [-0.4, -0.2) is 44.6 Å². The zero-order valence-corrected chi connectivity index (χ0v) is 12.7. The molecular formula is C13H20ClNO3S. The number of benzene rings is 1. The van der Waals surface area contributed by atoms with Gasteiger partial charge in [-0.2, -0.15) is 4.31 Å². The maximum atomic E-state index is 12.2. The molecule has 1 aromatic carbocycles. The van der Waals surface area contributed by atoms with Gasteiger partial charge in [-0.15, -0.1) is 11.6 Å². The summed E-state index contributed by atoms with van der Waals surface area (Å²) in [7, 11) is -1.72. The first-order valence-electron chi connectivity index (χ1n) is 6.17. The molecule has 0 spiro atoms. The summed E-state index contributed by atoms with van der Waals surface area (Å²) in [5.74, 6) is 0.376. The molecule has 108 valence electrons. The number of hydrogen-bond donors (Lipinski definition) is 0. The Labute approximate surface area is 120 Å². The number of alkyl halides is 1. The second-order valence-electron chi connectivity index (χ2n) is 4.17. The van der Waals surface area contributed by atoms with Crippen molar-refractivity contribution >= 4 is 21.6 Å². The van der Waals surface area contributed by atoms with Crippen LogP contribution in [0.3, 0.4) is 0 Å². The van der Waals surface area contributed by atoms with Crippen LogP contribution in [0, 0.1) is 0 Å². The van der Waals surface area contributed by atoms with Crippen molar-refractivity contribution < 1.29 is 13.2 Å². The van der Waals surface area contributed by atoms with Gasteiger partial charge in [0.15, 0.2) is 0 Å². The van der Waals surface area contributed by atoms with Gasteiger partial charge < -0.3 is 4.74 Å². The molecule has 1 rings (SSSR count). The average Bonchev–Trinajstić information content (AvgIpc) is 2.39. The third-order valence-electron chi connectivity index (χ3n) is 2.68. The molecule has 0 N–H and O–H groups in total. The summed E-state index contributed by atoms with van der Waals surface area (Å²) < 4.78 is 30.7. The lowest BCUT2D eigenvalue weighted by Gasteiger charge is -2.21. The SMILES string of the molecule is COCCCS(=O)(=O)N(CCCl)Cc1ccccc1. The number of halogens is 1. The zero-order chi connectivity index (χ0) is 14.1. The number of rotatable bonds is 9. The molecular weight excluding hydrogens is 286 g/mol. The molecule has 0 saturated carbocycles. The average molecular weight is 306 g/mol. The minimum Gasteiger partial charge on any atom is -0.385 e. The van der Waals surface area contributed by atoms with Crippen LogP contribution in [-0.2, 0) is 21.3 Å². The van der Waals surface area contributed by atoms with Crippen LogP contribution < -0.4 is 0 Å². The molecule has 0 unspecified atom stereocenters. The summed E-state index contributed by atoms with van der Waals surface area (Å²) in [6, 6.07) is 9.51. The molecule has 0 aliphatic heterocycles. The Kier molecular flexibility index (Phi) is 7.38. The van der Waals surface area contributed by atoms with Gasteiger partial charge in [0.05, 0.1) is 5.75 Å². The lowest BCUT2D eigenvalue weighted by atomic mass is 10.2. The third-order valence-corrected chi connectivity index (χ3v) is 4.75. The summed E-state index contributed by atoms with van der Waals surface area (Å²) in [6.45, 7) is 1.13. The Bertz CT molecular complexity index is 450. The van der Waals surface area contributed by atoms with Gasteiger partial charge in [-0.05, 0) is 12.0 Å². The van der Waals surface area contributed by atoms with Crippen molar-refractivity contribution in [3.8, 4) is 0 Å². The highest BCUT2D eigenvalue weighted by Gasteiger charge is 2.21. The van der Waals surface area contributed by atoms with Crippen LogP contribution in [0.15, 0.2) is 30.3 Å². The van der Waals surface area contributed by atoms with Gasteiger partial charge in [0.2, 0.25) is 10.0 Å². The summed E-state index contributed by atoms with van der Waals surface area (Å²) in [5, 5.41) is 0. The van der Waals surface area contributed by atoms with E-state index in [2.05, 4.69) is 0 Å². The summed E-state index contributed by atoms with van der Waals surface area (Å²) in [5.41, 5.74) is 0.961. The van der Waals surface area contributed by atoms with Crippen LogP contribution in [0.2, 0.25) is 0 Å². The van der Waals surface area contributed by atoms with Gasteiger partial charge in [-0.1, -0.05) is 30.3 Å². The topological polar surface area (TPSA) is 46.6 Å². The van der Waals surface area contributed by atoms with Crippen LogP contribution >= 0.6 is 11.6 Å². The molecule has 0 bridgehead atoms. The quantitative estimate of drug-likeness (QED) is 0.518. The maximum absolute atomic E-state index is 12.2. The van der Waals surface area contributed by atoms with E-state index < -0.39 is 10.0 Å². The minimum absolute atomic E-state index is 0.0879. The number of methoxy groups -OCH3 is 1. The molecule has 0 heterocycles. The fraction of sp³-hybridized carbons (Fsp3) is 0.538. The Morgan fingerprint density at radius 1 is 1.26 bits per heavy atom. The first-order chi connectivity index (χ1) is 9.10. The Morgan fingerprint density at radius 2 is 1.95 bits per heavy atom. The number of nitrogens with zero attached hydrogens (tertiary/aromatic N) is 1. The minimum atomic E-state index is -3.29. The lowest BCUT2D eigenvalue weighted by molar-refractivity contribution is 0.199. The number of sulfonamides is 1. The molecule has 4 nitrogen and oxygen atoms in total. The second kappa shape index (κ2) is 8.53. The zero-order valence-electron chi connectivity index (χ0n) is 11.1. The van der Waals surface area contributed by atoms with Gasteiger partial charge in [0.1, 0.15) is 0 Å². The van der Waals surface area contributed by atoms with Crippen molar-refractivity contribution in [2.45, 2.75) is 13.0 Å². The Balaban J connectivity index is 2.70. The van der Waals surface area contributed by atoms with Crippen molar-refractivity contribution in [3.63, 3.8) is 0 Å². The van der Waals surface area contributed by atoms with E-state index in [0.29, 0.717) is 26.1 Å². The van der Waals surface area contributed by atoms with Gasteiger partial charge in [-0.3, -0.25) is 0 Å². The van der Waals surface area contributed by atoms with Gasteiger partial charge in [0, 0.05) is 32.7 Å². The van der Waals surface area contributed by atoms with E-state index >= 15 is 0 Å². The number of hydrogen-bond acceptors (Lipinski definition) is 3. The van der Waals surface area contributed by atoms with Crippen LogP contribution in [0.1, 0.15) is 12.0 Å². The highest BCUT2D eigenvalue weighted by Crippen LogP contribution is 2.11. The van der Waals surface area contributed by atoms with Gasteiger partial charge in [0.25, 0.3) is 0 Å². The highest BCUT2D eigenvalue weighted by molar-refractivity contribution is 7.89. The van der Waals surface area contributed by atoms with Crippen molar-refractivity contribution in [2.75, 3.05) is 31.9 Å². The molecule has 0 amide bonds. The molecule has 0 atom stereocenters. The largest absolute Gasteiger partial charge is 0.385 e. The van der Waals surface area contributed by atoms with Crippen LogP contribution in [0.5, 0.6) is 0 Å². The summed E-state index contributed by atoms with van der Waals surface area (Å²) in [4.78, 5) is 0. The smallest absolute Gasteiger partial charge is 0.214 e. The molecule has 1 aromatic rings. The summed E-state index contributed by atoms with van der Waals surface area (Å²) in [6.07, 6.45) is 0.492. The van der Waals surface area contributed by atoms with Crippen molar-refractivity contribution in [1.82, 2.24) is 4.31 Å². The van der Waals surface area contributed by atoms with E-state index in [9.17, 15) is 8.42 Å². The Morgan fingerprint density at radius 3 is 2.53 bits per heavy atom.